The quantitative estimate of drug-likeness (QED) is 0.786. The number of amides is 1. The largest absolute Gasteiger partial charge is 0.376 e. The summed E-state index contributed by atoms with van der Waals surface area (Å²) in [4.78, 5) is 14.0. The van der Waals surface area contributed by atoms with Gasteiger partial charge in [0.15, 0.2) is 0 Å². The standard InChI is InChI=1S/C17H26ClN3O3S/c1-12-4-7-14(8-5-12)20-25(23,24)11-17(22)19-15-10-13(18)6-9-16(15)21(2)3/h6,9-10,12,14,20H,4-5,7-8,11H2,1-3H3,(H,19,22). The first-order valence-corrected chi connectivity index (χ1v) is 10.5. The van der Waals surface area contributed by atoms with E-state index in [1.165, 1.54) is 0 Å². The van der Waals surface area contributed by atoms with Crippen LogP contribution in [0.25, 0.3) is 0 Å². The van der Waals surface area contributed by atoms with Crippen LogP contribution in [0.3, 0.4) is 0 Å². The molecule has 2 rings (SSSR count). The third-order valence-corrected chi connectivity index (χ3v) is 5.97. The first-order valence-electron chi connectivity index (χ1n) is 8.43. The topological polar surface area (TPSA) is 78.5 Å². The van der Waals surface area contributed by atoms with Gasteiger partial charge in [-0.1, -0.05) is 18.5 Å². The molecular weight excluding hydrogens is 362 g/mol. The number of hydrogen-bond donors (Lipinski definition) is 2. The molecule has 1 aliphatic rings. The molecule has 1 aromatic carbocycles. The molecule has 0 unspecified atom stereocenters. The fourth-order valence-electron chi connectivity index (χ4n) is 3.03. The van der Waals surface area contributed by atoms with Crippen molar-refractivity contribution in [3.8, 4) is 0 Å². The van der Waals surface area contributed by atoms with Crippen molar-refractivity contribution in [3.63, 3.8) is 0 Å². The van der Waals surface area contributed by atoms with Crippen molar-refractivity contribution >= 4 is 38.9 Å². The van der Waals surface area contributed by atoms with Crippen LogP contribution >= 0.6 is 11.6 Å². The summed E-state index contributed by atoms with van der Waals surface area (Å²) in [5.41, 5.74) is 1.24. The Labute approximate surface area is 155 Å². The third-order valence-electron chi connectivity index (χ3n) is 4.40. The number of halogens is 1. The van der Waals surface area contributed by atoms with Crippen molar-refractivity contribution in [1.82, 2.24) is 4.72 Å². The van der Waals surface area contributed by atoms with Gasteiger partial charge in [0.05, 0.1) is 11.4 Å². The number of carbonyl (C=O) groups excluding carboxylic acids is 1. The molecule has 25 heavy (non-hydrogen) atoms. The van der Waals surface area contributed by atoms with Gasteiger partial charge in [-0.15, -0.1) is 0 Å². The maximum atomic E-state index is 12.3. The molecule has 140 valence electrons. The van der Waals surface area contributed by atoms with Gasteiger partial charge in [0, 0.05) is 25.2 Å². The Morgan fingerprint density at radius 3 is 2.48 bits per heavy atom. The van der Waals surface area contributed by atoms with Gasteiger partial charge in [-0.3, -0.25) is 4.79 Å². The summed E-state index contributed by atoms with van der Waals surface area (Å²) in [5, 5.41) is 3.12. The zero-order valence-corrected chi connectivity index (χ0v) is 16.5. The Morgan fingerprint density at radius 2 is 1.88 bits per heavy atom. The fourth-order valence-corrected chi connectivity index (χ4v) is 4.45. The van der Waals surface area contributed by atoms with Gasteiger partial charge < -0.3 is 10.2 Å². The zero-order chi connectivity index (χ0) is 18.6. The van der Waals surface area contributed by atoms with Gasteiger partial charge in [0.2, 0.25) is 15.9 Å². The number of nitrogens with one attached hydrogen (secondary N) is 2. The Kier molecular flexibility index (Phi) is 6.71. The average Bonchev–Trinajstić information content (AvgIpc) is 2.48. The van der Waals surface area contributed by atoms with Crippen molar-refractivity contribution in [2.24, 2.45) is 5.92 Å². The van der Waals surface area contributed by atoms with Crippen molar-refractivity contribution < 1.29 is 13.2 Å². The van der Waals surface area contributed by atoms with Crippen molar-refractivity contribution in [2.75, 3.05) is 30.1 Å². The monoisotopic (exact) mass is 387 g/mol. The number of carbonyl (C=O) groups is 1. The Bertz CT molecular complexity index is 714. The molecule has 0 radical (unpaired) electrons. The van der Waals surface area contributed by atoms with Crippen LogP contribution in [0.5, 0.6) is 0 Å². The lowest BCUT2D eigenvalue weighted by Crippen LogP contribution is -2.41. The second kappa shape index (κ2) is 8.38. The summed E-state index contributed by atoms with van der Waals surface area (Å²) in [6, 6.07) is 5.03. The van der Waals surface area contributed by atoms with Crippen LogP contribution < -0.4 is 14.9 Å². The van der Waals surface area contributed by atoms with Crippen LogP contribution in [-0.4, -0.2) is 40.2 Å². The molecule has 0 heterocycles. The molecule has 1 aliphatic carbocycles. The fraction of sp³-hybridized carbons (Fsp3) is 0.588. The maximum Gasteiger partial charge on any atom is 0.241 e. The van der Waals surface area contributed by atoms with Crippen LogP contribution in [-0.2, 0) is 14.8 Å². The van der Waals surface area contributed by atoms with E-state index in [1.54, 1.807) is 18.2 Å². The average molecular weight is 388 g/mol. The number of anilines is 2. The van der Waals surface area contributed by atoms with Crippen molar-refractivity contribution in [3.05, 3.63) is 23.2 Å². The Morgan fingerprint density at radius 1 is 1.24 bits per heavy atom. The predicted octanol–water partition coefficient (Wildman–Crippen LogP) is 2.84. The predicted molar refractivity (Wildman–Crippen MR) is 103 cm³/mol. The van der Waals surface area contributed by atoms with Gasteiger partial charge in [0.1, 0.15) is 5.75 Å². The lowest BCUT2D eigenvalue weighted by Gasteiger charge is -2.26. The minimum absolute atomic E-state index is 0.0718. The third kappa shape index (κ3) is 6.17. The molecule has 1 fully saturated rings. The van der Waals surface area contributed by atoms with Gasteiger partial charge in [-0.05, 0) is 49.8 Å². The number of sulfonamides is 1. The molecule has 8 heteroatoms. The second-order valence-electron chi connectivity index (χ2n) is 6.94. The second-order valence-corrected chi connectivity index (χ2v) is 9.13. The SMILES string of the molecule is CC1CCC(NS(=O)(=O)CC(=O)Nc2cc(Cl)ccc2N(C)C)CC1. The normalized spacial score (nSPS) is 21.0. The van der Waals surface area contributed by atoms with E-state index in [0.29, 0.717) is 16.6 Å². The molecule has 2 N–H and O–H groups in total. The van der Waals surface area contributed by atoms with E-state index in [-0.39, 0.29) is 6.04 Å². The smallest absolute Gasteiger partial charge is 0.241 e. The minimum atomic E-state index is -3.67. The Balaban J connectivity index is 1.98. The van der Waals surface area contributed by atoms with E-state index in [9.17, 15) is 13.2 Å². The summed E-state index contributed by atoms with van der Waals surface area (Å²) >= 11 is 5.98. The van der Waals surface area contributed by atoms with Gasteiger partial charge in [-0.25, -0.2) is 13.1 Å². The molecule has 0 atom stereocenters. The van der Waals surface area contributed by atoms with Crippen LogP contribution in [0.4, 0.5) is 11.4 Å². The lowest BCUT2D eigenvalue weighted by molar-refractivity contribution is -0.113. The van der Waals surface area contributed by atoms with Crippen LogP contribution in [0.1, 0.15) is 32.6 Å². The van der Waals surface area contributed by atoms with E-state index >= 15 is 0 Å². The van der Waals surface area contributed by atoms with Crippen molar-refractivity contribution in [1.29, 1.82) is 0 Å². The molecular formula is C17H26ClN3O3S. The molecule has 1 aromatic rings. The highest BCUT2D eigenvalue weighted by Gasteiger charge is 2.25. The highest BCUT2D eigenvalue weighted by atomic mass is 35.5. The number of hydrogen-bond acceptors (Lipinski definition) is 4. The van der Waals surface area contributed by atoms with Gasteiger partial charge >= 0.3 is 0 Å². The summed E-state index contributed by atoms with van der Waals surface area (Å²) in [6.45, 7) is 2.17. The first-order chi connectivity index (χ1) is 11.7. The summed E-state index contributed by atoms with van der Waals surface area (Å²) < 4.78 is 27.2. The van der Waals surface area contributed by atoms with E-state index < -0.39 is 21.7 Å². The van der Waals surface area contributed by atoms with Crippen LogP contribution in [0, 0.1) is 5.92 Å². The highest BCUT2D eigenvalue weighted by molar-refractivity contribution is 7.90. The molecule has 0 spiro atoms. The molecule has 0 aromatic heterocycles. The molecule has 0 bridgehead atoms. The first kappa shape index (κ1) is 20.0. The molecule has 0 saturated heterocycles. The molecule has 1 amide bonds. The van der Waals surface area contributed by atoms with E-state index in [4.69, 9.17) is 11.6 Å². The summed E-state index contributed by atoms with van der Waals surface area (Å²) in [7, 11) is -0.000701. The lowest BCUT2D eigenvalue weighted by atomic mass is 9.88. The van der Waals surface area contributed by atoms with E-state index in [1.807, 2.05) is 19.0 Å². The Hall–Kier alpha value is -1.31. The van der Waals surface area contributed by atoms with Crippen LogP contribution in [0.15, 0.2) is 18.2 Å². The zero-order valence-electron chi connectivity index (χ0n) is 14.9. The highest BCUT2D eigenvalue weighted by Crippen LogP contribution is 2.28. The van der Waals surface area contributed by atoms with Gasteiger partial charge in [-0.2, -0.15) is 0 Å². The number of nitrogens with zero attached hydrogens (tertiary/aromatic N) is 1. The molecule has 6 nitrogen and oxygen atoms in total. The minimum Gasteiger partial charge on any atom is -0.376 e. The number of rotatable bonds is 6. The number of benzene rings is 1. The summed E-state index contributed by atoms with van der Waals surface area (Å²) in [6.07, 6.45) is 3.66. The van der Waals surface area contributed by atoms with Gasteiger partial charge in [0.25, 0.3) is 0 Å². The molecule has 0 aliphatic heterocycles. The van der Waals surface area contributed by atoms with E-state index in [2.05, 4.69) is 17.0 Å². The van der Waals surface area contributed by atoms with Crippen molar-refractivity contribution in [2.45, 2.75) is 38.6 Å². The maximum absolute atomic E-state index is 12.3. The van der Waals surface area contributed by atoms with Crippen LogP contribution in [0.2, 0.25) is 5.02 Å². The summed E-state index contributed by atoms with van der Waals surface area (Å²) in [5.74, 6) is -0.545. The van der Waals surface area contributed by atoms with E-state index in [0.717, 1.165) is 31.4 Å². The molecule has 1 saturated carbocycles.